The molecule has 0 unspecified atom stereocenters. The van der Waals surface area contributed by atoms with Crippen LogP contribution in [0.25, 0.3) is 22.7 Å². The lowest BCUT2D eigenvalue weighted by atomic mass is 10.0. The summed E-state index contributed by atoms with van der Waals surface area (Å²) in [6.45, 7) is 0. The molecule has 4 rings (SSSR count). The highest BCUT2D eigenvalue weighted by Crippen LogP contribution is 2.28. The Bertz CT molecular complexity index is 1350. The molecule has 0 aliphatic rings. The molecule has 0 fully saturated rings. The van der Waals surface area contributed by atoms with E-state index in [0.717, 1.165) is 5.56 Å². The molecular formula is C26H19NO4. The molecule has 0 atom stereocenters. The highest BCUT2D eigenvalue weighted by atomic mass is 16.3. The van der Waals surface area contributed by atoms with E-state index in [9.17, 15) is 19.5 Å². The Morgan fingerprint density at radius 2 is 1.45 bits per heavy atom. The normalized spacial score (nSPS) is 11.1. The van der Waals surface area contributed by atoms with Gasteiger partial charge >= 0.3 is 0 Å². The molecule has 1 N–H and O–H groups in total. The van der Waals surface area contributed by atoms with Gasteiger partial charge in [0.1, 0.15) is 11.3 Å². The Balaban J connectivity index is 1.75. The second-order valence-electron chi connectivity index (χ2n) is 7.03. The minimum absolute atomic E-state index is 0.363. The first kappa shape index (κ1) is 20.0. The van der Waals surface area contributed by atoms with Crippen molar-refractivity contribution in [3.8, 4) is 11.4 Å². The summed E-state index contributed by atoms with van der Waals surface area (Å²) < 4.78 is 1.38. The van der Waals surface area contributed by atoms with Gasteiger partial charge in [-0.15, -0.1) is 0 Å². The first-order valence-electron chi connectivity index (χ1n) is 9.77. The lowest BCUT2D eigenvalue weighted by Gasteiger charge is -2.14. The summed E-state index contributed by atoms with van der Waals surface area (Å²) in [5, 5.41) is 11.1. The summed E-state index contributed by atoms with van der Waals surface area (Å²) in [7, 11) is 0. The Kier molecular flexibility index (Phi) is 5.58. The largest absolute Gasteiger partial charge is 0.506 e. The summed E-state index contributed by atoms with van der Waals surface area (Å²) in [4.78, 5) is 38.5. The molecule has 152 valence electrons. The quantitative estimate of drug-likeness (QED) is 0.288. The van der Waals surface area contributed by atoms with Crippen LogP contribution >= 0.6 is 0 Å². The monoisotopic (exact) mass is 409 g/mol. The summed E-state index contributed by atoms with van der Waals surface area (Å²) >= 11 is 0. The molecule has 3 aromatic carbocycles. The van der Waals surface area contributed by atoms with Crippen molar-refractivity contribution >= 4 is 28.5 Å². The van der Waals surface area contributed by atoms with E-state index in [1.165, 1.54) is 10.6 Å². The Morgan fingerprint density at radius 3 is 2.16 bits per heavy atom. The van der Waals surface area contributed by atoms with E-state index < -0.39 is 29.3 Å². The molecule has 1 aromatic heterocycles. The number of rotatable bonds is 6. The van der Waals surface area contributed by atoms with Gasteiger partial charge < -0.3 is 5.11 Å². The fourth-order valence-electron chi connectivity index (χ4n) is 3.47. The van der Waals surface area contributed by atoms with Crippen molar-refractivity contribution in [1.29, 1.82) is 0 Å². The topological polar surface area (TPSA) is 76.4 Å². The summed E-state index contributed by atoms with van der Waals surface area (Å²) in [5.74, 6) is -1.58. The van der Waals surface area contributed by atoms with Crippen LogP contribution in [0.1, 0.15) is 22.3 Å². The summed E-state index contributed by atoms with van der Waals surface area (Å²) in [6, 6.07) is 24.9. The molecule has 0 bridgehead atoms. The van der Waals surface area contributed by atoms with Gasteiger partial charge in [0.2, 0.25) is 0 Å². The summed E-state index contributed by atoms with van der Waals surface area (Å²) in [6.07, 6.45) is 2.40. The first-order chi connectivity index (χ1) is 15.1. The lowest BCUT2D eigenvalue weighted by Crippen LogP contribution is -2.26. The van der Waals surface area contributed by atoms with Crippen LogP contribution < -0.4 is 5.56 Å². The molecule has 0 spiro atoms. The van der Waals surface area contributed by atoms with Gasteiger partial charge in [-0.1, -0.05) is 66.7 Å². The number of hydrogen-bond acceptors (Lipinski definition) is 4. The molecule has 0 aliphatic carbocycles. The third-order valence-electron chi connectivity index (χ3n) is 4.94. The third kappa shape index (κ3) is 4.07. The van der Waals surface area contributed by atoms with E-state index in [0.29, 0.717) is 16.6 Å². The number of ketones is 2. The zero-order chi connectivity index (χ0) is 21.8. The number of pyridine rings is 1. The van der Waals surface area contributed by atoms with Crippen LogP contribution in [0.5, 0.6) is 5.75 Å². The molecule has 0 saturated carbocycles. The molecule has 5 nitrogen and oxygen atoms in total. The predicted molar refractivity (Wildman–Crippen MR) is 121 cm³/mol. The van der Waals surface area contributed by atoms with Crippen LogP contribution in [0, 0.1) is 0 Å². The fraction of sp³-hybridized carbons (Fsp3) is 0.0385. The second-order valence-corrected chi connectivity index (χ2v) is 7.03. The van der Waals surface area contributed by atoms with Crippen LogP contribution in [-0.4, -0.2) is 21.2 Å². The maximum absolute atomic E-state index is 13.3. The van der Waals surface area contributed by atoms with Crippen LogP contribution in [-0.2, 0) is 4.79 Å². The number of para-hydroxylation sites is 2. The van der Waals surface area contributed by atoms with Gasteiger partial charge in [-0.25, -0.2) is 0 Å². The van der Waals surface area contributed by atoms with E-state index in [-0.39, 0.29) is 5.56 Å². The van der Waals surface area contributed by atoms with E-state index >= 15 is 0 Å². The number of carbonyl (C=O) groups excluding carboxylic acids is 2. The van der Waals surface area contributed by atoms with Crippen molar-refractivity contribution in [3.63, 3.8) is 0 Å². The van der Waals surface area contributed by atoms with E-state index in [2.05, 4.69) is 0 Å². The van der Waals surface area contributed by atoms with Crippen LogP contribution in [0.15, 0.2) is 95.8 Å². The number of Topliss-reactive ketones (excluding diaryl/α,β-unsaturated/α-hetero) is 1. The smallest absolute Gasteiger partial charge is 0.270 e. The molecular weight excluding hydrogens is 390 g/mol. The van der Waals surface area contributed by atoms with Gasteiger partial charge in [0.25, 0.3) is 5.56 Å². The van der Waals surface area contributed by atoms with Gasteiger partial charge in [-0.2, -0.15) is 0 Å². The average molecular weight is 409 g/mol. The molecule has 0 aliphatic heterocycles. The molecule has 4 aromatic rings. The standard InChI is InChI=1S/C26H19NO4/c28-20(16-15-18-9-3-1-4-10-18)17-23(29)24-25(30)21-13-7-8-14-22(21)27(26(24)31)19-11-5-2-6-12-19/h1-16,30H,17H2/b16-15+. The Hall–Kier alpha value is -4.25. The molecule has 0 radical (unpaired) electrons. The zero-order valence-electron chi connectivity index (χ0n) is 16.6. The van der Waals surface area contributed by atoms with E-state index in [4.69, 9.17) is 0 Å². The minimum Gasteiger partial charge on any atom is -0.506 e. The van der Waals surface area contributed by atoms with Crippen molar-refractivity contribution in [2.24, 2.45) is 0 Å². The second kappa shape index (κ2) is 8.63. The van der Waals surface area contributed by atoms with Crippen LogP contribution in [0.2, 0.25) is 0 Å². The highest BCUT2D eigenvalue weighted by Gasteiger charge is 2.23. The summed E-state index contributed by atoms with van der Waals surface area (Å²) in [5.41, 5.74) is 0.815. The van der Waals surface area contributed by atoms with Crippen LogP contribution in [0.3, 0.4) is 0 Å². The number of hydrogen-bond donors (Lipinski definition) is 1. The third-order valence-corrected chi connectivity index (χ3v) is 4.94. The van der Waals surface area contributed by atoms with Crippen LogP contribution in [0.4, 0.5) is 0 Å². The molecule has 1 heterocycles. The fourth-order valence-corrected chi connectivity index (χ4v) is 3.47. The minimum atomic E-state index is -0.722. The molecule has 5 heteroatoms. The number of fused-ring (bicyclic) bond motifs is 1. The number of carbonyl (C=O) groups is 2. The Labute approximate surface area is 178 Å². The van der Waals surface area contributed by atoms with Gasteiger partial charge in [-0.05, 0) is 35.9 Å². The molecule has 0 saturated heterocycles. The van der Waals surface area contributed by atoms with Gasteiger partial charge in [0.15, 0.2) is 11.6 Å². The van der Waals surface area contributed by atoms with Gasteiger partial charge in [0.05, 0.1) is 11.9 Å². The van der Waals surface area contributed by atoms with Crippen molar-refractivity contribution in [3.05, 3.63) is 112 Å². The lowest BCUT2D eigenvalue weighted by molar-refractivity contribution is -0.113. The first-order valence-corrected chi connectivity index (χ1v) is 9.77. The number of nitrogens with zero attached hydrogens (tertiary/aromatic N) is 1. The predicted octanol–water partition coefficient (Wildman–Crippen LogP) is 4.55. The number of aromatic nitrogens is 1. The van der Waals surface area contributed by atoms with Crippen molar-refractivity contribution in [1.82, 2.24) is 4.57 Å². The van der Waals surface area contributed by atoms with E-state index in [1.54, 1.807) is 54.6 Å². The van der Waals surface area contributed by atoms with Gasteiger partial charge in [0, 0.05) is 11.1 Å². The van der Waals surface area contributed by atoms with E-state index in [1.807, 2.05) is 36.4 Å². The van der Waals surface area contributed by atoms with Crippen molar-refractivity contribution in [2.45, 2.75) is 6.42 Å². The highest BCUT2D eigenvalue weighted by molar-refractivity contribution is 6.14. The van der Waals surface area contributed by atoms with Crippen molar-refractivity contribution < 1.29 is 14.7 Å². The van der Waals surface area contributed by atoms with Gasteiger partial charge in [-0.3, -0.25) is 19.0 Å². The maximum atomic E-state index is 13.3. The Morgan fingerprint density at radius 1 is 0.839 bits per heavy atom. The SMILES string of the molecule is O=C(/C=C/c1ccccc1)CC(=O)c1c(O)c2ccccc2n(-c2ccccc2)c1=O. The maximum Gasteiger partial charge on any atom is 0.270 e. The number of benzene rings is 3. The molecule has 31 heavy (non-hydrogen) atoms. The number of allylic oxidation sites excluding steroid dienone is 1. The number of aromatic hydroxyl groups is 1. The average Bonchev–Trinajstić information content (AvgIpc) is 2.79. The van der Waals surface area contributed by atoms with Crippen molar-refractivity contribution in [2.75, 3.05) is 0 Å². The zero-order valence-corrected chi connectivity index (χ0v) is 16.6. The molecule has 0 amide bonds.